The molecule has 0 saturated heterocycles. The zero-order valence-electron chi connectivity index (χ0n) is 11.5. The van der Waals surface area contributed by atoms with Crippen LogP contribution in [0.3, 0.4) is 0 Å². The van der Waals surface area contributed by atoms with E-state index in [1.807, 2.05) is 0 Å². The molecule has 0 saturated carbocycles. The lowest BCUT2D eigenvalue weighted by atomic mass is 10.2. The summed E-state index contributed by atoms with van der Waals surface area (Å²) in [6.45, 7) is 8.39. The minimum Gasteiger partial charge on any atom is -0.255 e. The molecule has 0 amide bonds. The highest BCUT2D eigenvalue weighted by Gasteiger charge is 1.80. The molecular formula is C16H22O2. The third kappa shape index (κ3) is 7.60. The molecule has 0 spiro atoms. The summed E-state index contributed by atoms with van der Waals surface area (Å²) in [6.07, 6.45) is 0. The zero-order valence-corrected chi connectivity index (χ0v) is 11.5. The summed E-state index contributed by atoms with van der Waals surface area (Å²) < 4.78 is 0. The number of hydrogen-bond acceptors (Lipinski definition) is 2. The van der Waals surface area contributed by atoms with Gasteiger partial charge in [-0.1, -0.05) is 70.8 Å². The first-order valence-corrected chi connectivity index (χ1v) is 5.84. The molecule has 2 aromatic carbocycles. The third-order valence-electron chi connectivity index (χ3n) is 2.44. The molecule has 2 N–H and O–H groups in total. The third-order valence-corrected chi connectivity index (χ3v) is 2.44. The Bertz CT molecular complexity index is 330. The number of hydrogen-bond donors (Lipinski definition) is 2. The molecule has 0 aliphatic heterocycles. The van der Waals surface area contributed by atoms with Crippen LogP contribution in [0.4, 0.5) is 0 Å². The van der Waals surface area contributed by atoms with Gasteiger partial charge in [0.1, 0.15) is 0 Å². The van der Waals surface area contributed by atoms with E-state index in [0.717, 1.165) is 0 Å². The highest BCUT2D eigenvalue weighted by molar-refractivity contribution is 5.20. The second-order valence-electron chi connectivity index (χ2n) is 4.31. The molecule has 2 heteroatoms. The minimum atomic E-state index is 1.33. The van der Waals surface area contributed by atoms with E-state index in [4.69, 9.17) is 10.5 Å². The van der Waals surface area contributed by atoms with Gasteiger partial charge < -0.3 is 0 Å². The Morgan fingerprint density at radius 2 is 0.556 bits per heavy atom. The maximum Gasteiger partial charge on any atom is -0.0398 e. The predicted octanol–water partition coefficient (Wildman–Crippen LogP) is 4.62. The molecule has 0 radical (unpaired) electrons. The Morgan fingerprint density at radius 3 is 0.667 bits per heavy atom. The zero-order chi connectivity index (χ0) is 14.0. The summed E-state index contributed by atoms with van der Waals surface area (Å²) in [5, 5.41) is 12.0. The molecule has 0 aliphatic rings. The van der Waals surface area contributed by atoms with Crippen molar-refractivity contribution in [3.05, 3.63) is 70.8 Å². The van der Waals surface area contributed by atoms with Gasteiger partial charge in [0.2, 0.25) is 0 Å². The van der Waals surface area contributed by atoms with Crippen LogP contribution in [0.2, 0.25) is 0 Å². The molecule has 0 unspecified atom stereocenters. The van der Waals surface area contributed by atoms with E-state index < -0.39 is 0 Å². The van der Waals surface area contributed by atoms with E-state index in [0.29, 0.717) is 0 Å². The average molecular weight is 246 g/mol. The van der Waals surface area contributed by atoms with E-state index in [1.165, 1.54) is 22.3 Å². The van der Waals surface area contributed by atoms with Crippen LogP contribution in [-0.4, -0.2) is 10.5 Å². The van der Waals surface area contributed by atoms with Crippen molar-refractivity contribution in [1.82, 2.24) is 0 Å². The molecule has 0 aliphatic carbocycles. The molecule has 18 heavy (non-hydrogen) atoms. The van der Waals surface area contributed by atoms with Crippen LogP contribution in [0.5, 0.6) is 0 Å². The summed E-state index contributed by atoms with van der Waals surface area (Å²) in [7, 11) is 0. The lowest BCUT2D eigenvalue weighted by Crippen LogP contribution is -1.70. The lowest BCUT2D eigenvalue weighted by molar-refractivity contribution is -0.176. The molecule has 2 nitrogen and oxygen atoms in total. The van der Waals surface area contributed by atoms with Crippen molar-refractivity contribution >= 4 is 0 Å². The van der Waals surface area contributed by atoms with Gasteiger partial charge in [-0.25, -0.2) is 0 Å². The van der Waals surface area contributed by atoms with Gasteiger partial charge in [-0.05, 0) is 27.7 Å². The Balaban J connectivity index is 0.000000283. The molecular weight excluding hydrogens is 224 g/mol. The van der Waals surface area contributed by atoms with Crippen molar-refractivity contribution in [1.29, 1.82) is 0 Å². The van der Waals surface area contributed by atoms with E-state index in [1.54, 1.807) is 0 Å². The first-order chi connectivity index (χ1) is 8.58. The van der Waals surface area contributed by atoms with Crippen molar-refractivity contribution in [2.24, 2.45) is 0 Å². The molecule has 0 aromatic heterocycles. The molecule has 0 heterocycles. The van der Waals surface area contributed by atoms with Crippen molar-refractivity contribution in [3.63, 3.8) is 0 Å². The van der Waals surface area contributed by atoms with Crippen LogP contribution < -0.4 is 0 Å². The fourth-order valence-corrected chi connectivity index (χ4v) is 1.27. The maximum absolute atomic E-state index is 6.00. The lowest BCUT2D eigenvalue weighted by Gasteiger charge is -1.90. The van der Waals surface area contributed by atoms with Crippen molar-refractivity contribution in [3.8, 4) is 0 Å². The van der Waals surface area contributed by atoms with Crippen LogP contribution >= 0.6 is 0 Å². The molecule has 0 atom stereocenters. The number of aryl methyl sites for hydroxylation is 4. The summed E-state index contributed by atoms with van der Waals surface area (Å²) in [6, 6.07) is 17.0. The normalized spacial score (nSPS) is 8.56. The van der Waals surface area contributed by atoms with Crippen molar-refractivity contribution in [2.75, 3.05) is 0 Å². The smallest absolute Gasteiger partial charge is 0.0398 e. The fraction of sp³-hybridized carbons (Fsp3) is 0.250. The minimum absolute atomic E-state index is 1.33. The number of rotatable bonds is 0. The summed E-state index contributed by atoms with van der Waals surface area (Å²) in [5.74, 6) is 0. The SMILES string of the molecule is Cc1ccc(C)cc1.Cc1ccc(C)cc1.OO. The van der Waals surface area contributed by atoms with Gasteiger partial charge in [0.15, 0.2) is 0 Å². The Labute approximate surface area is 109 Å². The van der Waals surface area contributed by atoms with Gasteiger partial charge in [-0.3, -0.25) is 10.5 Å². The molecule has 0 fully saturated rings. The van der Waals surface area contributed by atoms with E-state index >= 15 is 0 Å². The second-order valence-corrected chi connectivity index (χ2v) is 4.31. The van der Waals surface area contributed by atoms with Gasteiger partial charge in [-0.15, -0.1) is 0 Å². The average Bonchev–Trinajstić information content (AvgIpc) is 2.40. The summed E-state index contributed by atoms with van der Waals surface area (Å²) >= 11 is 0. The Hall–Kier alpha value is -1.64. The van der Waals surface area contributed by atoms with Crippen LogP contribution in [0.1, 0.15) is 22.3 Å². The monoisotopic (exact) mass is 246 g/mol. The number of benzene rings is 2. The molecule has 2 rings (SSSR count). The van der Waals surface area contributed by atoms with Crippen LogP contribution in [-0.2, 0) is 0 Å². The highest BCUT2D eigenvalue weighted by Crippen LogP contribution is 2.00. The van der Waals surface area contributed by atoms with Gasteiger partial charge in [-0.2, -0.15) is 0 Å². The van der Waals surface area contributed by atoms with Gasteiger partial charge in [0.05, 0.1) is 0 Å². The first-order valence-electron chi connectivity index (χ1n) is 5.84. The Morgan fingerprint density at radius 1 is 0.444 bits per heavy atom. The fourth-order valence-electron chi connectivity index (χ4n) is 1.27. The van der Waals surface area contributed by atoms with Gasteiger partial charge in [0.25, 0.3) is 0 Å². The van der Waals surface area contributed by atoms with Crippen molar-refractivity contribution in [2.45, 2.75) is 27.7 Å². The molecule has 0 bridgehead atoms. The van der Waals surface area contributed by atoms with Crippen LogP contribution in [0.15, 0.2) is 48.5 Å². The Kier molecular flexibility index (Phi) is 8.54. The summed E-state index contributed by atoms with van der Waals surface area (Å²) in [5.41, 5.74) is 5.32. The molecule has 2 aromatic rings. The second kappa shape index (κ2) is 9.40. The quantitative estimate of drug-likeness (QED) is 0.526. The first kappa shape index (κ1) is 16.4. The van der Waals surface area contributed by atoms with E-state index in [-0.39, 0.29) is 0 Å². The van der Waals surface area contributed by atoms with E-state index in [2.05, 4.69) is 76.2 Å². The summed E-state index contributed by atoms with van der Waals surface area (Å²) in [4.78, 5) is 0. The topological polar surface area (TPSA) is 40.5 Å². The van der Waals surface area contributed by atoms with Gasteiger partial charge >= 0.3 is 0 Å². The van der Waals surface area contributed by atoms with Crippen LogP contribution in [0, 0.1) is 27.7 Å². The van der Waals surface area contributed by atoms with Gasteiger partial charge in [0, 0.05) is 0 Å². The predicted molar refractivity (Wildman–Crippen MR) is 77.1 cm³/mol. The maximum atomic E-state index is 6.00. The van der Waals surface area contributed by atoms with Crippen molar-refractivity contribution < 1.29 is 10.5 Å². The largest absolute Gasteiger partial charge is 0.255 e. The standard InChI is InChI=1S/2C8H10.H2O2/c2*1-7-3-5-8(2)6-4-7;1-2/h2*3-6H,1-2H3;1-2H. The molecule has 98 valence electrons. The van der Waals surface area contributed by atoms with Crippen LogP contribution in [0.25, 0.3) is 0 Å². The van der Waals surface area contributed by atoms with E-state index in [9.17, 15) is 0 Å². The highest BCUT2D eigenvalue weighted by atomic mass is 17.0.